The van der Waals surface area contributed by atoms with Gasteiger partial charge in [0, 0.05) is 18.0 Å². The highest BCUT2D eigenvalue weighted by molar-refractivity contribution is 6.21. The number of carbonyl (C=O) groups excluding carboxylic acids is 2. The number of hydrogen-bond donors (Lipinski definition) is 1. The number of aryl methyl sites for hydroxylation is 1. The minimum atomic E-state index is -1.00. The van der Waals surface area contributed by atoms with Crippen molar-refractivity contribution in [3.05, 3.63) is 65.5 Å². The first-order valence-corrected chi connectivity index (χ1v) is 11.4. The van der Waals surface area contributed by atoms with Crippen LogP contribution in [-0.2, 0) is 6.54 Å². The summed E-state index contributed by atoms with van der Waals surface area (Å²) in [6.45, 7) is 2.84. The zero-order chi connectivity index (χ0) is 22.9. The third-order valence-corrected chi connectivity index (χ3v) is 5.90. The Balaban J connectivity index is 1.19. The molecule has 1 aromatic heterocycles. The predicted molar refractivity (Wildman–Crippen MR) is 121 cm³/mol. The van der Waals surface area contributed by atoms with Crippen LogP contribution in [0.25, 0.3) is 11.4 Å². The van der Waals surface area contributed by atoms with Gasteiger partial charge in [0.1, 0.15) is 24.3 Å². The number of nitrogens with zero attached hydrogens (tertiary/aromatic N) is 4. The lowest BCUT2D eigenvalue weighted by Gasteiger charge is -2.19. The largest absolute Gasteiger partial charge is 0.491 e. The first-order chi connectivity index (χ1) is 16.0. The first kappa shape index (κ1) is 21.3. The van der Waals surface area contributed by atoms with Gasteiger partial charge in [0.25, 0.3) is 11.8 Å². The fourth-order valence-corrected chi connectivity index (χ4v) is 4.06. The van der Waals surface area contributed by atoms with Crippen molar-refractivity contribution in [2.24, 2.45) is 0 Å². The Morgan fingerprint density at radius 2 is 1.73 bits per heavy atom. The summed E-state index contributed by atoms with van der Waals surface area (Å²) < 4.78 is 7.71. The SMILES string of the molecule is CCCn1nc(-c2ccc(OCC(O)CN3C(=O)c4ccccc4C3=O)cc2)nc1C1CC1. The molecule has 1 fully saturated rings. The minimum absolute atomic E-state index is 0.0397. The van der Waals surface area contributed by atoms with E-state index in [0.29, 0.717) is 28.6 Å². The molecule has 2 heterocycles. The van der Waals surface area contributed by atoms with Crippen molar-refractivity contribution in [1.29, 1.82) is 0 Å². The van der Waals surface area contributed by atoms with Crippen LogP contribution in [0, 0.1) is 0 Å². The van der Waals surface area contributed by atoms with E-state index >= 15 is 0 Å². The molecule has 8 heteroatoms. The number of amides is 2. The summed E-state index contributed by atoms with van der Waals surface area (Å²) >= 11 is 0. The molecule has 33 heavy (non-hydrogen) atoms. The van der Waals surface area contributed by atoms with Gasteiger partial charge in [-0.05, 0) is 55.7 Å². The molecule has 1 aliphatic carbocycles. The van der Waals surface area contributed by atoms with Gasteiger partial charge >= 0.3 is 0 Å². The van der Waals surface area contributed by atoms with E-state index in [1.165, 1.54) is 12.8 Å². The standard InChI is InChI=1S/C25H26N4O4/c1-2-13-29-23(17-7-8-17)26-22(27-29)16-9-11-19(12-10-16)33-15-18(30)14-28-24(31)20-5-3-4-6-21(20)25(28)32/h3-6,9-12,17-18,30H,2,7-8,13-15H2,1H3. The second kappa shape index (κ2) is 8.78. The highest BCUT2D eigenvalue weighted by atomic mass is 16.5. The summed E-state index contributed by atoms with van der Waals surface area (Å²) in [6.07, 6.45) is 2.37. The van der Waals surface area contributed by atoms with E-state index in [2.05, 4.69) is 12.0 Å². The van der Waals surface area contributed by atoms with Gasteiger partial charge in [0.05, 0.1) is 17.7 Å². The summed E-state index contributed by atoms with van der Waals surface area (Å²) in [6, 6.07) is 14.1. The van der Waals surface area contributed by atoms with Crippen molar-refractivity contribution < 1.29 is 19.4 Å². The molecule has 0 spiro atoms. The van der Waals surface area contributed by atoms with Gasteiger partial charge in [-0.15, -0.1) is 0 Å². The number of β-amino-alcohol motifs (C(OH)–C–C–N with tert-alkyl or cyclic N) is 1. The van der Waals surface area contributed by atoms with Crippen LogP contribution in [0.4, 0.5) is 0 Å². The van der Waals surface area contributed by atoms with Crippen LogP contribution in [0.5, 0.6) is 5.75 Å². The van der Waals surface area contributed by atoms with Gasteiger partial charge in [0.2, 0.25) is 0 Å². The Morgan fingerprint density at radius 1 is 1.06 bits per heavy atom. The molecule has 0 bridgehead atoms. The maximum atomic E-state index is 12.4. The molecule has 1 aliphatic heterocycles. The number of rotatable bonds is 9. The van der Waals surface area contributed by atoms with E-state index in [1.807, 2.05) is 16.8 Å². The normalized spacial score (nSPS) is 16.2. The minimum Gasteiger partial charge on any atom is -0.491 e. The zero-order valence-corrected chi connectivity index (χ0v) is 18.5. The Morgan fingerprint density at radius 3 is 2.33 bits per heavy atom. The number of ether oxygens (including phenoxy) is 1. The summed E-state index contributed by atoms with van der Waals surface area (Å²) in [5.41, 5.74) is 1.64. The van der Waals surface area contributed by atoms with Gasteiger partial charge in [-0.1, -0.05) is 19.1 Å². The lowest BCUT2D eigenvalue weighted by atomic mass is 10.1. The molecule has 1 unspecified atom stereocenters. The molecule has 5 rings (SSSR count). The molecular formula is C25H26N4O4. The van der Waals surface area contributed by atoms with Crippen molar-refractivity contribution in [2.75, 3.05) is 13.2 Å². The summed E-state index contributed by atoms with van der Waals surface area (Å²) in [5, 5.41) is 15.0. The lowest BCUT2D eigenvalue weighted by molar-refractivity contribution is 0.0457. The van der Waals surface area contributed by atoms with E-state index < -0.39 is 6.10 Å². The second-order valence-electron chi connectivity index (χ2n) is 8.55. The summed E-state index contributed by atoms with van der Waals surface area (Å²) in [5.74, 6) is 2.12. The third kappa shape index (κ3) is 4.26. The molecule has 1 N–H and O–H groups in total. The molecule has 1 atom stereocenters. The molecule has 8 nitrogen and oxygen atoms in total. The fraction of sp³-hybridized carbons (Fsp3) is 0.360. The van der Waals surface area contributed by atoms with Crippen LogP contribution in [0.15, 0.2) is 48.5 Å². The number of fused-ring (bicyclic) bond motifs is 1. The van der Waals surface area contributed by atoms with E-state index in [4.69, 9.17) is 9.72 Å². The predicted octanol–water partition coefficient (Wildman–Crippen LogP) is 3.27. The number of carbonyl (C=O) groups is 2. The molecule has 3 aromatic rings. The molecule has 0 saturated heterocycles. The summed E-state index contributed by atoms with van der Waals surface area (Å²) in [4.78, 5) is 30.7. The lowest BCUT2D eigenvalue weighted by Crippen LogP contribution is -2.39. The molecule has 1 saturated carbocycles. The van der Waals surface area contributed by atoms with Crippen LogP contribution >= 0.6 is 0 Å². The molecule has 170 valence electrons. The second-order valence-corrected chi connectivity index (χ2v) is 8.55. The number of aromatic nitrogens is 3. The Bertz CT molecular complexity index is 1150. The van der Waals surface area contributed by atoms with Gasteiger partial charge in [-0.25, -0.2) is 9.67 Å². The average molecular weight is 447 g/mol. The van der Waals surface area contributed by atoms with Gasteiger partial charge in [-0.2, -0.15) is 5.10 Å². The molecule has 2 aliphatic rings. The molecule has 0 radical (unpaired) electrons. The van der Waals surface area contributed by atoms with Crippen LogP contribution in [0.2, 0.25) is 0 Å². The first-order valence-electron chi connectivity index (χ1n) is 11.4. The molecule has 2 aromatic carbocycles. The maximum absolute atomic E-state index is 12.4. The van der Waals surface area contributed by atoms with Crippen LogP contribution in [-0.4, -0.2) is 55.8 Å². The number of hydrogen-bond acceptors (Lipinski definition) is 6. The number of benzene rings is 2. The maximum Gasteiger partial charge on any atom is 0.261 e. The third-order valence-electron chi connectivity index (χ3n) is 5.90. The van der Waals surface area contributed by atoms with Crippen LogP contribution in [0.3, 0.4) is 0 Å². The van der Waals surface area contributed by atoms with E-state index in [1.54, 1.807) is 36.4 Å². The van der Waals surface area contributed by atoms with E-state index in [-0.39, 0.29) is 25.0 Å². The molecule has 2 amide bonds. The van der Waals surface area contributed by atoms with Crippen molar-refractivity contribution in [2.45, 2.75) is 44.8 Å². The van der Waals surface area contributed by atoms with Gasteiger partial charge < -0.3 is 9.84 Å². The highest BCUT2D eigenvalue weighted by Gasteiger charge is 2.36. The Labute approximate surface area is 191 Å². The Kier molecular flexibility index (Phi) is 5.68. The van der Waals surface area contributed by atoms with Crippen molar-refractivity contribution in [3.8, 4) is 17.1 Å². The van der Waals surface area contributed by atoms with Crippen molar-refractivity contribution in [3.63, 3.8) is 0 Å². The topological polar surface area (TPSA) is 97.5 Å². The van der Waals surface area contributed by atoms with E-state index in [9.17, 15) is 14.7 Å². The quantitative estimate of drug-likeness (QED) is 0.507. The fourth-order valence-electron chi connectivity index (χ4n) is 4.06. The number of aliphatic hydroxyl groups excluding tert-OH is 1. The molecular weight excluding hydrogens is 420 g/mol. The smallest absolute Gasteiger partial charge is 0.261 e. The van der Waals surface area contributed by atoms with Crippen LogP contribution < -0.4 is 4.74 Å². The highest BCUT2D eigenvalue weighted by Crippen LogP contribution is 2.39. The van der Waals surface area contributed by atoms with Crippen molar-refractivity contribution in [1.82, 2.24) is 19.7 Å². The number of aliphatic hydroxyl groups is 1. The average Bonchev–Trinajstić information content (AvgIpc) is 3.56. The van der Waals surface area contributed by atoms with Crippen LogP contribution in [0.1, 0.15) is 58.6 Å². The zero-order valence-electron chi connectivity index (χ0n) is 18.5. The number of imide groups is 1. The van der Waals surface area contributed by atoms with Gasteiger partial charge in [-0.3, -0.25) is 14.5 Å². The van der Waals surface area contributed by atoms with E-state index in [0.717, 1.165) is 29.3 Å². The van der Waals surface area contributed by atoms with Gasteiger partial charge in [0.15, 0.2) is 5.82 Å². The Hall–Kier alpha value is -3.52. The monoisotopic (exact) mass is 446 g/mol. The summed E-state index contributed by atoms with van der Waals surface area (Å²) in [7, 11) is 0. The van der Waals surface area contributed by atoms with Crippen molar-refractivity contribution >= 4 is 11.8 Å².